The van der Waals surface area contributed by atoms with Crippen LogP contribution in [-0.4, -0.2) is 22.2 Å². The van der Waals surface area contributed by atoms with E-state index in [-0.39, 0.29) is 5.91 Å². The number of amides is 1. The largest absolute Gasteiger partial charge is 0.493 e. The molecule has 4 nitrogen and oxygen atoms in total. The molecule has 0 atom stereocenters. The second-order valence-electron chi connectivity index (χ2n) is 7.56. The number of benzene rings is 3. The topological polar surface area (TPSA) is 38.8 Å². The highest BCUT2D eigenvalue weighted by atomic mass is 127. The number of thiocarbonyl (C=S) groups is 1. The third kappa shape index (κ3) is 5.77. The van der Waals surface area contributed by atoms with Crippen molar-refractivity contribution in [1.29, 1.82) is 0 Å². The molecular formula is C26H22INO3S2. The van der Waals surface area contributed by atoms with Gasteiger partial charge in [-0.05, 0) is 64.4 Å². The Labute approximate surface area is 217 Å². The first kappa shape index (κ1) is 23.8. The number of halogens is 1. The Morgan fingerprint density at radius 3 is 2.48 bits per heavy atom. The maximum absolute atomic E-state index is 13.0. The van der Waals surface area contributed by atoms with Crippen molar-refractivity contribution in [3.05, 3.63) is 97.5 Å². The molecule has 0 saturated carbocycles. The molecule has 1 aliphatic rings. The smallest absolute Gasteiger partial charge is 0.266 e. The van der Waals surface area contributed by atoms with Crippen LogP contribution in [0.3, 0.4) is 0 Å². The molecule has 0 bridgehead atoms. The SMILES string of the molecule is COc1cc(/C=C2/SC(=S)N(Cc3ccccc3)C2=O)cc(I)c1OCc1ccc(C)cc1. The number of hydrogen-bond donors (Lipinski definition) is 0. The Morgan fingerprint density at radius 2 is 1.79 bits per heavy atom. The number of thioether (sulfide) groups is 1. The van der Waals surface area contributed by atoms with E-state index in [2.05, 4.69) is 53.8 Å². The molecule has 4 rings (SSSR count). The van der Waals surface area contributed by atoms with Crippen molar-refractivity contribution in [3.8, 4) is 11.5 Å². The van der Waals surface area contributed by atoms with Gasteiger partial charge in [0.05, 0.1) is 22.1 Å². The molecule has 1 amide bonds. The van der Waals surface area contributed by atoms with Crippen LogP contribution in [0.5, 0.6) is 11.5 Å². The van der Waals surface area contributed by atoms with Crippen LogP contribution >= 0.6 is 46.6 Å². The normalized spacial score (nSPS) is 14.8. The summed E-state index contributed by atoms with van der Waals surface area (Å²) >= 11 is 9.03. The number of aryl methyl sites for hydroxylation is 1. The van der Waals surface area contributed by atoms with Crippen LogP contribution in [-0.2, 0) is 17.9 Å². The van der Waals surface area contributed by atoms with Crippen molar-refractivity contribution in [2.75, 3.05) is 7.11 Å². The number of methoxy groups -OCH3 is 1. The van der Waals surface area contributed by atoms with Gasteiger partial charge in [0.15, 0.2) is 11.5 Å². The quantitative estimate of drug-likeness (QED) is 0.177. The maximum atomic E-state index is 13.0. The van der Waals surface area contributed by atoms with Crippen molar-refractivity contribution in [3.63, 3.8) is 0 Å². The third-order valence-electron chi connectivity index (χ3n) is 5.11. The Bertz CT molecular complexity index is 1210. The van der Waals surface area contributed by atoms with Gasteiger partial charge >= 0.3 is 0 Å². The summed E-state index contributed by atoms with van der Waals surface area (Å²) in [6.45, 7) is 2.98. The predicted octanol–water partition coefficient (Wildman–Crippen LogP) is 6.59. The summed E-state index contributed by atoms with van der Waals surface area (Å²) in [5, 5.41) is 0. The van der Waals surface area contributed by atoms with E-state index in [1.807, 2.05) is 48.5 Å². The zero-order valence-electron chi connectivity index (χ0n) is 18.2. The van der Waals surface area contributed by atoms with E-state index >= 15 is 0 Å². The highest BCUT2D eigenvalue weighted by Gasteiger charge is 2.32. The molecular weight excluding hydrogens is 565 g/mol. The van der Waals surface area contributed by atoms with Crippen LogP contribution in [0.25, 0.3) is 6.08 Å². The second-order valence-corrected chi connectivity index (χ2v) is 10.4. The Balaban J connectivity index is 1.53. The lowest BCUT2D eigenvalue weighted by Crippen LogP contribution is -2.27. The molecule has 1 fully saturated rings. The summed E-state index contributed by atoms with van der Waals surface area (Å²) in [5.74, 6) is 1.23. The molecule has 1 heterocycles. The van der Waals surface area contributed by atoms with E-state index < -0.39 is 0 Å². The van der Waals surface area contributed by atoms with Gasteiger partial charge in [0.2, 0.25) is 0 Å². The van der Waals surface area contributed by atoms with Crippen molar-refractivity contribution < 1.29 is 14.3 Å². The number of ether oxygens (including phenoxy) is 2. The van der Waals surface area contributed by atoms with Gasteiger partial charge in [-0.2, -0.15) is 0 Å². The first-order valence-corrected chi connectivity index (χ1v) is 12.6. The highest BCUT2D eigenvalue weighted by molar-refractivity contribution is 14.1. The fourth-order valence-corrected chi connectivity index (χ4v) is 5.39. The van der Waals surface area contributed by atoms with E-state index in [1.54, 1.807) is 12.0 Å². The zero-order valence-corrected chi connectivity index (χ0v) is 22.0. The summed E-state index contributed by atoms with van der Waals surface area (Å²) in [5.41, 5.74) is 4.20. The van der Waals surface area contributed by atoms with Gasteiger partial charge in [-0.15, -0.1) is 0 Å². The minimum absolute atomic E-state index is 0.0810. The molecule has 0 unspecified atom stereocenters. The number of rotatable bonds is 7. The van der Waals surface area contributed by atoms with Crippen molar-refractivity contribution in [1.82, 2.24) is 4.90 Å². The number of nitrogens with zero attached hydrogens (tertiary/aromatic N) is 1. The van der Waals surface area contributed by atoms with Crippen LogP contribution in [0, 0.1) is 10.5 Å². The molecule has 3 aromatic rings. The standard InChI is InChI=1S/C26H22INO3S2/c1-17-8-10-19(11-9-17)16-31-24-21(27)12-20(13-22(24)30-2)14-23-25(29)28(26(32)33-23)15-18-6-4-3-5-7-18/h3-14H,15-16H2,1-2H3/b23-14+. The molecule has 168 valence electrons. The summed E-state index contributed by atoms with van der Waals surface area (Å²) < 4.78 is 13.1. The van der Waals surface area contributed by atoms with Gasteiger partial charge < -0.3 is 9.47 Å². The number of carbonyl (C=O) groups excluding carboxylic acids is 1. The lowest BCUT2D eigenvalue weighted by atomic mass is 10.1. The highest BCUT2D eigenvalue weighted by Crippen LogP contribution is 2.38. The molecule has 1 saturated heterocycles. The van der Waals surface area contributed by atoms with Gasteiger partial charge in [-0.3, -0.25) is 9.69 Å². The first-order chi connectivity index (χ1) is 15.9. The van der Waals surface area contributed by atoms with E-state index in [4.69, 9.17) is 21.7 Å². The first-order valence-electron chi connectivity index (χ1n) is 10.3. The van der Waals surface area contributed by atoms with Crippen LogP contribution in [0.15, 0.2) is 71.6 Å². The van der Waals surface area contributed by atoms with E-state index in [0.29, 0.717) is 33.9 Å². The molecule has 7 heteroatoms. The van der Waals surface area contributed by atoms with Crippen LogP contribution in [0.4, 0.5) is 0 Å². The molecule has 0 N–H and O–H groups in total. The summed E-state index contributed by atoms with van der Waals surface area (Å²) in [6.07, 6.45) is 1.86. The van der Waals surface area contributed by atoms with Gasteiger partial charge in [0.25, 0.3) is 5.91 Å². The number of carbonyl (C=O) groups is 1. The van der Waals surface area contributed by atoms with Crippen LogP contribution in [0.1, 0.15) is 22.3 Å². The van der Waals surface area contributed by atoms with Crippen molar-refractivity contribution >= 4 is 62.9 Å². The van der Waals surface area contributed by atoms with E-state index in [1.165, 1.54) is 17.3 Å². The minimum atomic E-state index is -0.0810. The Kier molecular flexibility index (Phi) is 7.72. The zero-order chi connectivity index (χ0) is 23.4. The second kappa shape index (κ2) is 10.7. The van der Waals surface area contributed by atoms with Gasteiger partial charge in [0.1, 0.15) is 10.9 Å². The predicted molar refractivity (Wildman–Crippen MR) is 146 cm³/mol. The Hall–Kier alpha value is -2.36. The van der Waals surface area contributed by atoms with Gasteiger partial charge in [0, 0.05) is 0 Å². The summed E-state index contributed by atoms with van der Waals surface area (Å²) in [7, 11) is 1.62. The molecule has 0 spiro atoms. The minimum Gasteiger partial charge on any atom is -0.493 e. The van der Waals surface area contributed by atoms with Crippen LogP contribution < -0.4 is 9.47 Å². The summed E-state index contributed by atoms with van der Waals surface area (Å²) in [6, 6.07) is 22.0. The van der Waals surface area contributed by atoms with Crippen molar-refractivity contribution in [2.45, 2.75) is 20.1 Å². The molecule has 0 aromatic heterocycles. The van der Waals surface area contributed by atoms with E-state index in [9.17, 15) is 4.79 Å². The fraction of sp³-hybridized carbons (Fsp3) is 0.154. The molecule has 1 aliphatic heterocycles. The molecule has 0 radical (unpaired) electrons. The Morgan fingerprint density at radius 1 is 1.06 bits per heavy atom. The fourth-order valence-electron chi connectivity index (χ4n) is 3.36. The van der Waals surface area contributed by atoms with Gasteiger partial charge in [-0.25, -0.2) is 0 Å². The lowest BCUT2D eigenvalue weighted by Gasteiger charge is -2.14. The molecule has 3 aromatic carbocycles. The lowest BCUT2D eigenvalue weighted by molar-refractivity contribution is -0.122. The number of hydrogen-bond acceptors (Lipinski definition) is 5. The monoisotopic (exact) mass is 587 g/mol. The average Bonchev–Trinajstić information content (AvgIpc) is 3.07. The maximum Gasteiger partial charge on any atom is 0.266 e. The van der Waals surface area contributed by atoms with E-state index in [0.717, 1.165) is 20.3 Å². The third-order valence-corrected chi connectivity index (χ3v) is 7.29. The molecule has 0 aliphatic carbocycles. The average molecular weight is 588 g/mol. The summed E-state index contributed by atoms with van der Waals surface area (Å²) in [4.78, 5) is 15.2. The van der Waals surface area contributed by atoms with Crippen LogP contribution in [0.2, 0.25) is 0 Å². The van der Waals surface area contributed by atoms with Crippen molar-refractivity contribution in [2.24, 2.45) is 0 Å². The molecule has 33 heavy (non-hydrogen) atoms. The van der Waals surface area contributed by atoms with Gasteiger partial charge in [-0.1, -0.05) is 84.1 Å².